The zero-order valence-corrected chi connectivity index (χ0v) is 21.8. The van der Waals surface area contributed by atoms with Crippen molar-refractivity contribution in [2.75, 3.05) is 0 Å². The van der Waals surface area contributed by atoms with Crippen LogP contribution in [0.3, 0.4) is 0 Å². The van der Waals surface area contributed by atoms with E-state index in [9.17, 15) is 0 Å². The van der Waals surface area contributed by atoms with E-state index < -0.39 is 16.6 Å². The first-order valence-electron chi connectivity index (χ1n) is 10.9. The van der Waals surface area contributed by atoms with Crippen molar-refractivity contribution >= 4 is 22.3 Å². The van der Waals surface area contributed by atoms with Gasteiger partial charge in [-0.2, -0.15) is 0 Å². The van der Waals surface area contributed by atoms with E-state index in [2.05, 4.69) is 116 Å². The zero-order chi connectivity index (χ0) is 21.8. The average molecular weight is 426 g/mol. The van der Waals surface area contributed by atoms with Gasteiger partial charge in [0.25, 0.3) is 8.32 Å². The predicted octanol–water partition coefficient (Wildman–Crippen LogP) is 7.91. The summed E-state index contributed by atoms with van der Waals surface area (Å²) in [4.78, 5) is 0. The van der Waals surface area contributed by atoms with Gasteiger partial charge in [0.15, 0.2) is 8.24 Å². The van der Waals surface area contributed by atoms with Crippen LogP contribution in [0, 0.1) is 0 Å². The van der Waals surface area contributed by atoms with Crippen LogP contribution in [0.1, 0.15) is 52.7 Å². The Balaban J connectivity index is 2.43. The van der Waals surface area contributed by atoms with Crippen molar-refractivity contribution in [2.24, 2.45) is 4.66 Å². The molecule has 0 saturated heterocycles. The lowest BCUT2D eigenvalue weighted by Crippen LogP contribution is -2.50. The molecule has 0 amide bonds. The van der Waals surface area contributed by atoms with Gasteiger partial charge in [0.2, 0.25) is 0 Å². The summed E-state index contributed by atoms with van der Waals surface area (Å²) >= 11 is 0. The molecule has 0 heterocycles. The highest BCUT2D eigenvalue weighted by Crippen LogP contribution is 2.42. The summed E-state index contributed by atoms with van der Waals surface area (Å²) in [6.45, 7) is 20.8. The van der Waals surface area contributed by atoms with Gasteiger partial charge in [-0.05, 0) is 71.7 Å². The topological polar surface area (TPSA) is 21.6 Å². The first-order valence-corrected chi connectivity index (χ1v) is 16.5. The van der Waals surface area contributed by atoms with E-state index in [0.29, 0.717) is 16.6 Å². The molecule has 0 spiro atoms. The average Bonchev–Trinajstić information content (AvgIpc) is 2.64. The largest absolute Gasteiger partial charge is 0.543 e. The fraction of sp³-hybridized carbons (Fsp3) is 0.480. The second-order valence-electron chi connectivity index (χ2n) is 9.94. The molecule has 2 rings (SSSR count). The summed E-state index contributed by atoms with van der Waals surface area (Å²) in [5.74, 6) is 0.997. The maximum atomic E-state index is 6.84. The SMILES string of the molecule is CC(C)[Si](Oc1ccc(/C(=N\[Si](C)(C)C)c2ccccc2)cc1)(C(C)C)C(C)C. The number of nitrogens with zero attached hydrogens (tertiary/aromatic N) is 1. The first-order chi connectivity index (χ1) is 13.5. The van der Waals surface area contributed by atoms with Crippen LogP contribution in [0.15, 0.2) is 59.3 Å². The van der Waals surface area contributed by atoms with E-state index in [1.807, 2.05) is 0 Å². The lowest BCUT2D eigenvalue weighted by molar-refractivity contribution is 0.480. The fourth-order valence-corrected chi connectivity index (χ4v) is 10.6. The lowest BCUT2D eigenvalue weighted by atomic mass is 10.0. The van der Waals surface area contributed by atoms with Crippen LogP contribution in [-0.4, -0.2) is 22.3 Å². The van der Waals surface area contributed by atoms with Crippen molar-refractivity contribution in [3.05, 3.63) is 65.7 Å². The van der Waals surface area contributed by atoms with Gasteiger partial charge in [-0.3, -0.25) is 0 Å². The Labute approximate surface area is 180 Å². The normalized spacial score (nSPS) is 13.4. The Hall–Kier alpha value is -1.66. The van der Waals surface area contributed by atoms with Gasteiger partial charge < -0.3 is 9.08 Å². The number of hydrogen-bond acceptors (Lipinski definition) is 2. The molecule has 2 aromatic carbocycles. The molecular weight excluding hydrogens is 386 g/mol. The van der Waals surface area contributed by atoms with Crippen LogP contribution < -0.4 is 4.43 Å². The number of hydrogen-bond donors (Lipinski definition) is 0. The second kappa shape index (κ2) is 9.44. The summed E-state index contributed by atoms with van der Waals surface area (Å²) in [5.41, 5.74) is 5.13. The van der Waals surface area contributed by atoms with Crippen LogP contribution in [0.4, 0.5) is 0 Å². The highest BCUT2D eigenvalue weighted by atomic mass is 28.4. The van der Waals surface area contributed by atoms with Crippen molar-refractivity contribution in [1.29, 1.82) is 0 Å². The highest BCUT2D eigenvalue weighted by Gasteiger charge is 2.46. The molecule has 29 heavy (non-hydrogen) atoms. The molecule has 0 aliphatic carbocycles. The van der Waals surface area contributed by atoms with Gasteiger partial charge in [-0.1, -0.05) is 71.9 Å². The maximum Gasteiger partial charge on any atom is 0.258 e. The standard InChI is InChI=1S/C25H39NOSi2/c1-19(2)29(20(3)4,21(5)6)27-24-17-15-23(16-18-24)25(26-28(7,8)9)22-13-11-10-12-14-22/h10-21H,1-9H3/b26-25-. The molecule has 2 nitrogen and oxygen atoms in total. The van der Waals surface area contributed by atoms with Crippen LogP contribution >= 0.6 is 0 Å². The number of benzene rings is 2. The Morgan fingerprint density at radius 1 is 0.690 bits per heavy atom. The maximum absolute atomic E-state index is 6.84. The first kappa shape index (κ1) is 23.6. The van der Waals surface area contributed by atoms with Gasteiger partial charge >= 0.3 is 0 Å². The molecule has 158 valence electrons. The molecular formula is C25H39NOSi2. The third-order valence-electron chi connectivity index (χ3n) is 5.62. The fourth-order valence-electron chi connectivity index (χ4n) is 4.47. The molecule has 0 radical (unpaired) electrons. The molecule has 0 fully saturated rings. The van der Waals surface area contributed by atoms with E-state index in [1.54, 1.807) is 0 Å². The third-order valence-corrected chi connectivity index (χ3v) is 12.5. The quantitative estimate of drug-likeness (QED) is 0.311. The molecule has 4 heteroatoms. The van der Waals surface area contributed by atoms with Crippen molar-refractivity contribution in [3.63, 3.8) is 0 Å². The molecule has 0 atom stereocenters. The summed E-state index contributed by atoms with van der Waals surface area (Å²) in [6.07, 6.45) is 0. The van der Waals surface area contributed by atoms with Crippen molar-refractivity contribution in [3.8, 4) is 5.75 Å². The van der Waals surface area contributed by atoms with Gasteiger partial charge in [0.05, 0.1) is 5.71 Å². The van der Waals surface area contributed by atoms with Crippen molar-refractivity contribution in [1.82, 2.24) is 0 Å². The zero-order valence-electron chi connectivity index (χ0n) is 19.8. The molecule has 0 N–H and O–H groups in total. The Morgan fingerprint density at radius 2 is 1.14 bits per heavy atom. The third kappa shape index (κ3) is 5.70. The Kier molecular flexibility index (Phi) is 7.69. The minimum atomic E-state index is -1.94. The minimum absolute atomic E-state index is 0.565. The van der Waals surface area contributed by atoms with Gasteiger partial charge in [-0.25, -0.2) is 0 Å². The van der Waals surface area contributed by atoms with Crippen molar-refractivity contribution in [2.45, 2.75) is 77.8 Å². The molecule has 0 unspecified atom stereocenters. The Bertz CT molecular complexity index is 781. The molecule has 0 aliphatic heterocycles. The molecule has 0 bridgehead atoms. The van der Waals surface area contributed by atoms with Crippen LogP contribution in [0.25, 0.3) is 0 Å². The van der Waals surface area contributed by atoms with E-state index in [4.69, 9.17) is 9.08 Å². The van der Waals surface area contributed by atoms with E-state index in [-0.39, 0.29) is 0 Å². The molecule has 0 aliphatic rings. The smallest absolute Gasteiger partial charge is 0.258 e. The van der Waals surface area contributed by atoms with E-state index in [0.717, 1.165) is 17.0 Å². The summed E-state index contributed by atoms with van der Waals surface area (Å²) in [6, 6.07) is 19.2. The molecule has 2 aromatic rings. The van der Waals surface area contributed by atoms with Crippen molar-refractivity contribution < 1.29 is 4.43 Å². The van der Waals surface area contributed by atoms with E-state index >= 15 is 0 Å². The summed E-state index contributed by atoms with van der Waals surface area (Å²) in [7, 11) is -3.56. The van der Waals surface area contributed by atoms with E-state index in [1.165, 1.54) is 5.56 Å². The van der Waals surface area contributed by atoms with Gasteiger partial charge in [-0.15, -0.1) is 0 Å². The highest BCUT2D eigenvalue weighted by molar-refractivity contribution is 6.78. The Morgan fingerprint density at radius 3 is 1.55 bits per heavy atom. The molecule has 0 aromatic heterocycles. The summed E-state index contributed by atoms with van der Waals surface area (Å²) in [5, 5.41) is 0. The molecule has 0 saturated carbocycles. The lowest BCUT2D eigenvalue weighted by Gasteiger charge is -2.42. The monoisotopic (exact) mass is 425 g/mol. The van der Waals surface area contributed by atoms with Crippen LogP contribution in [0.5, 0.6) is 5.75 Å². The van der Waals surface area contributed by atoms with Crippen LogP contribution in [-0.2, 0) is 0 Å². The summed E-state index contributed by atoms with van der Waals surface area (Å²) < 4.78 is 12.0. The minimum Gasteiger partial charge on any atom is -0.543 e. The van der Waals surface area contributed by atoms with Gasteiger partial charge in [0, 0.05) is 0 Å². The predicted molar refractivity (Wildman–Crippen MR) is 134 cm³/mol. The number of rotatable bonds is 8. The van der Waals surface area contributed by atoms with Gasteiger partial charge in [0.1, 0.15) is 5.75 Å². The van der Waals surface area contributed by atoms with Crippen LogP contribution in [0.2, 0.25) is 36.3 Å². The second-order valence-corrected chi connectivity index (χ2v) is 19.9.